The molecule has 4 nitrogen and oxygen atoms in total. The summed E-state index contributed by atoms with van der Waals surface area (Å²) in [6, 6.07) is 19.2. The van der Waals surface area contributed by atoms with Crippen molar-refractivity contribution in [3.8, 4) is 0 Å². The number of rotatable bonds is 6. The molecule has 1 aliphatic rings. The molecule has 0 bridgehead atoms. The number of halogens is 1. The van der Waals surface area contributed by atoms with Gasteiger partial charge in [0.15, 0.2) is 0 Å². The van der Waals surface area contributed by atoms with Crippen LogP contribution >= 0.6 is 12.4 Å². The molecule has 3 rings (SSSR count). The van der Waals surface area contributed by atoms with Crippen molar-refractivity contribution in [2.24, 2.45) is 5.73 Å². The molecule has 3 unspecified atom stereocenters. The van der Waals surface area contributed by atoms with Gasteiger partial charge in [0, 0.05) is 25.0 Å². The molecule has 3 atom stereocenters. The van der Waals surface area contributed by atoms with Gasteiger partial charge in [-0.25, -0.2) is 0 Å². The summed E-state index contributed by atoms with van der Waals surface area (Å²) in [7, 11) is 0. The molecule has 3 N–H and O–H groups in total. The highest BCUT2D eigenvalue weighted by molar-refractivity contribution is 5.85. The molecule has 1 heterocycles. The number of aliphatic hydroxyl groups is 1. The van der Waals surface area contributed by atoms with Crippen LogP contribution in [-0.2, 0) is 4.79 Å². The molecule has 2 aromatic rings. The SMILES string of the molecule is Cl.NC(CC(=O)N1CCCC1CC(O)c1ccccc1)c1ccccc1. The zero-order chi connectivity index (χ0) is 17.6. The maximum Gasteiger partial charge on any atom is 0.224 e. The van der Waals surface area contributed by atoms with E-state index in [9.17, 15) is 9.90 Å². The van der Waals surface area contributed by atoms with Crippen molar-refractivity contribution < 1.29 is 9.90 Å². The van der Waals surface area contributed by atoms with Crippen LogP contribution in [0.3, 0.4) is 0 Å². The van der Waals surface area contributed by atoms with E-state index in [1.54, 1.807) is 0 Å². The zero-order valence-electron chi connectivity index (χ0n) is 14.8. The minimum atomic E-state index is -0.539. The van der Waals surface area contributed by atoms with Crippen LogP contribution in [0.1, 0.15) is 49.0 Å². The van der Waals surface area contributed by atoms with Crippen LogP contribution in [0.5, 0.6) is 0 Å². The average Bonchev–Trinajstić information content (AvgIpc) is 3.11. The molecule has 0 saturated carbocycles. The van der Waals surface area contributed by atoms with Crippen molar-refractivity contribution in [1.29, 1.82) is 0 Å². The van der Waals surface area contributed by atoms with Crippen LogP contribution < -0.4 is 5.73 Å². The highest BCUT2D eigenvalue weighted by Gasteiger charge is 2.31. The number of nitrogens with two attached hydrogens (primary N) is 1. The van der Waals surface area contributed by atoms with Crippen LogP contribution in [0.4, 0.5) is 0 Å². The standard InChI is InChI=1S/C21H26N2O2.ClH/c22-19(16-8-3-1-4-9-16)15-21(25)23-13-7-12-18(23)14-20(24)17-10-5-2-6-11-17;/h1-6,8-11,18-20,24H,7,12-15,22H2;1H. The van der Waals surface area contributed by atoms with Gasteiger partial charge in [0.2, 0.25) is 5.91 Å². The first kappa shape index (κ1) is 20.4. The van der Waals surface area contributed by atoms with Gasteiger partial charge in [-0.05, 0) is 30.4 Å². The monoisotopic (exact) mass is 374 g/mol. The Morgan fingerprint density at radius 1 is 1.08 bits per heavy atom. The molecule has 0 spiro atoms. The molecule has 1 aliphatic heterocycles. The van der Waals surface area contributed by atoms with Gasteiger partial charge in [0.1, 0.15) is 0 Å². The normalized spacial score (nSPS) is 18.8. The van der Waals surface area contributed by atoms with Gasteiger partial charge in [-0.2, -0.15) is 0 Å². The molecule has 1 fully saturated rings. The molecular weight excluding hydrogens is 348 g/mol. The molecule has 0 aromatic heterocycles. The smallest absolute Gasteiger partial charge is 0.224 e. The Hall–Kier alpha value is -1.88. The fourth-order valence-corrected chi connectivity index (χ4v) is 3.60. The summed E-state index contributed by atoms with van der Waals surface area (Å²) in [6.45, 7) is 0.756. The minimum Gasteiger partial charge on any atom is -0.388 e. The predicted molar refractivity (Wildman–Crippen MR) is 106 cm³/mol. The van der Waals surface area contributed by atoms with Crippen molar-refractivity contribution in [3.05, 3.63) is 71.8 Å². The Bertz CT molecular complexity index is 681. The van der Waals surface area contributed by atoms with E-state index in [1.165, 1.54) is 0 Å². The second-order valence-electron chi connectivity index (χ2n) is 6.77. The van der Waals surface area contributed by atoms with E-state index in [2.05, 4.69) is 0 Å². The van der Waals surface area contributed by atoms with Crippen molar-refractivity contribution in [2.45, 2.75) is 43.9 Å². The Morgan fingerprint density at radius 2 is 1.65 bits per heavy atom. The van der Waals surface area contributed by atoms with Gasteiger partial charge in [-0.15, -0.1) is 12.4 Å². The first-order valence-corrected chi connectivity index (χ1v) is 8.98. The van der Waals surface area contributed by atoms with E-state index in [-0.39, 0.29) is 30.4 Å². The van der Waals surface area contributed by atoms with Gasteiger partial charge < -0.3 is 15.7 Å². The predicted octanol–water partition coefficient (Wildman–Crippen LogP) is 3.61. The lowest BCUT2D eigenvalue weighted by molar-refractivity contribution is -0.132. The summed E-state index contributed by atoms with van der Waals surface area (Å²) in [5.74, 6) is 0.0825. The quantitative estimate of drug-likeness (QED) is 0.811. The molecule has 0 aliphatic carbocycles. The number of nitrogens with zero attached hydrogens (tertiary/aromatic N) is 1. The number of hydrogen-bond donors (Lipinski definition) is 2. The summed E-state index contributed by atoms with van der Waals surface area (Å²) in [5.41, 5.74) is 8.09. The fourth-order valence-electron chi connectivity index (χ4n) is 3.60. The second-order valence-corrected chi connectivity index (χ2v) is 6.77. The number of amides is 1. The van der Waals surface area contributed by atoms with E-state index in [0.29, 0.717) is 12.8 Å². The molecule has 2 aromatic carbocycles. The molecule has 5 heteroatoms. The Labute approximate surface area is 161 Å². The lowest BCUT2D eigenvalue weighted by atomic mass is 9.99. The average molecular weight is 375 g/mol. The number of benzene rings is 2. The van der Waals surface area contributed by atoms with Gasteiger partial charge in [0.05, 0.1) is 6.10 Å². The molecular formula is C21H27ClN2O2. The van der Waals surface area contributed by atoms with Gasteiger partial charge in [0.25, 0.3) is 0 Å². The number of carbonyl (C=O) groups is 1. The van der Waals surface area contributed by atoms with Crippen LogP contribution in [0, 0.1) is 0 Å². The maximum atomic E-state index is 12.7. The number of carbonyl (C=O) groups excluding carboxylic acids is 1. The lowest BCUT2D eigenvalue weighted by Crippen LogP contribution is -2.38. The largest absolute Gasteiger partial charge is 0.388 e. The van der Waals surface area contributed by atoms with Crippen LogP contribution in [0.2, 0.25) is 0 Å². The Balaban J connectivity index is 0.00000243. The van der Waals surface area contributed by atoms with Crippen LogP contribution in [-0.4, -0.2) is 28.5 Å². The highest BCUT2D eigenvalue weighted by atomic mass is 35.5. The number of likely N-dealkylation sites (tertiary alicyclic amines) is 1. The minimum absolute atomic E-state index is 0. The van der Waals surface area contributed by atoms with E-state index >= 15 is 0 Å². The molecule has 1 amide bonds. The van der Waals surface area contributed by atoms with Gasteiger partial charge >= 0.3 is 0 Å². The summed E-state index contributed by atoms with van der Waals surface area (Å²) in [4.78, 5) is 14.6. The van der Waals surface area contributed by atoms with Crippen molar-refractivity contribution in [3.63, 3.8) is 0 Å². The molecule has 0 radical (unpaired) electrons. The molecule has 26 heavy (non-hydrogen) atoms. The van der Waals surface area contributed by atoms with Crippen molar-refractivity contribution >= 4 is 18.3 Å². The van der Waals surface area contributed by atoms with Gasteiger partial charge in [-0.3, -0.25) is 4.79 Å². The number of aliphatic hydroxyl groups excluding tert-OH is 1. The van der Waals surface area contributed by atoms with Crippen LogP contribution in [0.15, 0.2) is 60.7 Å². The third-order valence-corrected chi connectivity index (χ3v) is 5.00. The summed E-state index contributed by atoms with van der Waals surface area (Å²) < 4.78 is 0. The fraction of sp³-hybridized carbons (Fsp3) is 0.381. The van der Waals surface area contributed by atoms with Crippen LogP contribution in [0.25, 0.3) is 0 Å². The van der Waals surface area contributed by atoms with E-state index < -0.39 is 6.10 Å². The lowest BCUT2D eigenvalue weighted by Gasteiger charge is -2.28. The molecule has 140 valence electrons. The topological polar surface area (TPSA) is 66.6 Å². The van der Waals surface area contributed by atoms with E-state index in [1.807, 2.05) is 65.6 Å². The van der Waals surface area contributed by atoms with Crippen molar-refractivity contribution in [2.75, 3.05) is 6.54 Å². The highest BCUT2D eigenvalue weighted by Crippen LogP contribution is 2.28. The summed E-state index contributed by atoms with van der Waals surface area (Å²) in [6.07, 6.45) is 2.27. The van der Waals surface area contributed by atoms with E-state index in [4.69, 9.17) is 5.73 Å². The Kier molecular flexibility index (Phi) is 7.64. The summed E-state index contributed by atoms with van der Waals surface area (Å²) in [5, 5.41) is 10.5. The third kappa shape index (κ3) is 5.07. The zero-order valence-corrected chi connectivity index (χ0v) is 15.6. The number of hydrogen-bond acceptors (Lipinski definition) is 3. The maximum absolute atomic E-state index is 12.7. The van der Waals surface area contributed by atoms with Crippen molar-refractivity contribution in [1.82, 2.24) is 4.90 Å². The Morgan fingerprint density at radius 3 is 2.27 bits per heavy atom. The first-order valence-electron chi connectivity index (χ1n) is 8.98. The van der Waals surface area contributed by atoms with E-state index in [0.717, 1.165) is 30.5 Å². The van der Waals surface area contributed by atoms with Gasteiger partial charge in [-0.1, -0.05) is 60.7 Å². The summed E-state index contributed by atoms with van der Waals surface area (Å²) >= 11 is 0. The first-order chi connectivity index (χ1) is 12.1. The second kappa shape index (κ2) is 9.72. The third-order valence-electron chi connectivity index (χ3n) is 5.00. The molecule has 1 saturated heterocycles.